The lowest BCUT2D eigenvalue weighted by atomic mass is 9.66. The minimum absolute atomic E-state index is 0.201. The third-order valence-electron chi connectivity index (χ3n) is 5.45. The average molecular weight is 264 g/mol. The summed E-state index contributed by atoms with van der Waals surface area (Å²) in [5.41, 5.74) is 1.34. The van der Waals surface area contributed by atoms with E-state index in [2.05, 4.69) is 24.3 Å². The van der Waals surface area contributed by atoms with E-state index in [9.17, 15) is 4.79 Å². The van der Waals surface area contributed by atoms with E-state index in [1.54, 1.807) is 0 Å². The van der Waals surface area contributed by atoms with Gasteiger partial charge in [0.1, 0.15) is 0 Å². The normalized spacial score (nSPS) is 34.3. The first-order valence-electron chi connectivity index (χ1n) is 7.57. The van der Waals surface area contributed by atoms with Gasteiger partial charge in [-0.15, -0.1) is 0 Å². The molecule has 2 heteroatoms. The predicted octanol–water partition coefficient (Wildman–Crippen LogP) is 3.82. The topological polar surface area (TPSA) is 26.3 Å². The Morgan fingerprint density at radius 1 is 1.05 bits per heavy atom. The Morgan fingerprint density at radius 3 is 2.70 bits per heavy atom. The van der Waals surface area contributed by atoms with Gasteiger partial charge in [-0.1, -0.05) is 49.2 Å². The highest BCUT2D eigenvalue weighted by Gasteiger charge is 2.64. The molecule has 1 unspecified atom stereocenters. The molecule has 1 spiro atoms. The fourth-order valence-electron chi connectivity index (χ4n) is 4.60. The molecule has 0 N–H and O–H groups in total. The fourth-order valence-corrected chi connectivity index (χ4v) is 4.60. The summed E-state index contributed by atoms with van der Waals surface area (Å²) in [6.07, 6.45) is 5.01. The standard InChI is InChI=1S/C18H16O2/c19-17-12-7-3-5-11-6-4-9-14(16(11)12)18(17)13-8-1-2-10-15(13)20-18/h3-7,9,13,15H,1-2,8,10H2/t13-,15-,18?/m0/s1. The molecule has 2 fully saturated rings. The molecule has 3 aliphatic rings. The molecule has 2 aliphatic carbocycles. The lowest BCUT2D eigenvalue weighted by Gasteiger charge is -2.54. The number of benzene rings is 2. The van der Waals surface area contributed by atoms with Crippen LogP contribution in [0.5, 0.6) is 0 Å². The van der Waals surface area contributed by atoms with Crippen molar-refractivity contribution in [3.63, 3.8) is 0 Å². The van der Waals surface area contributed by atoms with Crippen LogP contribution >= 0.6 is 0 Å². The molecule has 0 bridgehead atoms. The van der Waals surface area contributed by atoms with Crippen molar-refractivity contribution in [2.24, 2.45) is 5.92 Å². The minimum Gasteiger partial charge on any atom is -0.358 e. The fraction of sp³-hybridized carbons (Fsp3) is 0.389. The van der Waals surface area contributed by atoms with Crippen LogP contribution in [0.1, 0.15) is 41.6 Å². The van der Waals surface area contributed by atoms with Gasteiger partial charge in [-0.25, -0.2) is 0 Å². The lowest BCUT2D eigenvalue weighted by molar-refractivity contribution is -0.249. The number of rotatable bonds is 0. The van der Waals surface area contributed by atoms with Gasteiger partial charge in [-0.2, -0.15) is 0 Å². The van der Waals surface area contributed by atoms with E-state index in [0.717, 1.165) is 34.7 Å². The van der Waals surface area contributed by atoms with Gasteiger partial charge >= 0.3 is 0 Å². The van der Waals surface area contributed by atoms with Crippen molar-refractivity contribution in [3.8, 4) is 0 Å². The molecule has 0 amide bonds. The van der Waals surface area contributed by atoms with Crippen LogP contribution in [-0.4, -0.2) is 11.9 Å². The maximum absolute atomic E-state index is 13.0. The van der Waals surface area contributed by atoms with E-state index < -0.39 is 5.60 Å². The zero-order chi connectivity index (χ0) is 13.3. The monoisotopic (exact) mass is 264 g/mol. The highest BCUT2D eigenvalue weighted by atomic mass is 16.5. The minimum atomic E-state index is -0.645. The molecule has 100 valence electrons. The molecule has 1 heterocycles. The summed E-state index contributed by atoms with van der Waals surface area (Å²) in [5.74, 6) is 0.592. The van der Waals surface area contributed by atoms with Gasteiger partial charge in [-0.3, -0.25) is 4.79 Å². The summed E-state index contributed by atoms with van der Waals surface area (Å²) >= 11 is 0. The maximum Gasteiger partial charge on any atom is 0.200 e. The second-order valence-electron chi connectivity index (χ2n) is 6.32. The zero-order valence-electron chi connectivity index (χ0n) is 11.3. The van der Waals surface area contributed by atoms with Crippen molar-refractivity contribution in [2.75, 3.05) is 0 Å². The zero-order valence-corrected chi connectivity index (χ0v) is 11.3. The van der Waals surface area contributed by atoms with Crippen LogP contribution in [0.25, 0.3) is 10.8 Å². The smallest absolute Gasteiger partial charge is 0.200 e. The third kappa shape index (κ3) is 1.05. The second kappa shape index (κ2) is 3.50. The number of hydrogen-bond acceptors (Lipinski definition) is 2. The Balaban J connectivity index is 1.78. The van der Waals surface area contributed by atoms with Gasteiger partial charge in [-0.05, 0) is 23.6 Å². The van der Waals surface area contributed by atoms with Crippen molar-refractivity contribution in [1.82, 2.24) is 0 Å². The Hall–Kier alpha value is -1.67. The first-order chi connectivity index (χ1) is 9.82. The number of carbonyl (C=O) groups excluding carboxylic acids is 1. The number of Topliss-reactive ketones (excluding diaryl/α,β-unsaturated/α-hetero) is 1. The SMILES string of the molecule is O=C1c2cccc3cccc(c23)C12O[C@H]1CCCC[C@@H]12. The van der Waals surface area contributed by atoms with Crippen molar-refractivity contribution in [1.29, 1.82) is 0 Å². The van der Waals surface area contributed by atoms with Crippen LogP contribution < -0.4 is 0 Å². The highest BCUT2D eigenvalue weighted by Crippen LogP contribution is 2.59. The molecule has 3 atom stereocenters. The van der Waals surface area contributed by atoms with E-state index in [-0.39, 0.29) is 5.78 Å². The van der Waals surface area contributed by atoms with Crippen LogP contribution in [0.3, 0.4) is 0 Å². The number of ether oxygens (including phenoxy) is 1. The summed E-state index contributed by atoms with van der Waals surface area (Å²) in [4.78, 5) is 13.0. The highest BCUT2D eigenvalue weighted by molar-refractivity contribution is 6.20. The van der Waals surface area contributed by atoms with Gasteiger partial charge in [0.25, 0.3) is 0 Å². The molecule has 2 aromatic rings. The average Bonchev–Trinajstić information content (AvgIpc) is 2.73. The van der Waals surface area contributed by atoms with E-state index in [4.69, 9.17) is 4.74 Å². The van der Waals surface area contributed by atoms with Crippen LogP contribution in [0.15, 0.2) is 36.4 Å². The van der Waals surface area contributed by atoms with E-state index >= 15 is 0 Å². The lowest BCUT2D eigenvalue weighted by Crippen LogP contribution is -2.61. The molecule has 1 aliphatic heterocycles. The van der Waals surface area contributed by atoms with Gasteiger partial charge in [0.15, 0.2) is 11.4 Å². The molecular formula is C18H16O2. The molecule has 0 radical (unpaired) electrons. The molecule has 1 saturated heterocycles. The van der Waals surface area contributed by atoms with Crippen LogP contribution in [0.2, 0.25) is 0 Å². The van der Waals surface area contributed by atoms with Gasteiger partial charge in [0.05, 0.1) is 6.10 Å². The van der Waals surface area contributed by atoms with Gasteiger partial charge < -0.3 is 4.74 Å². The van der Waals surface area contributed by atoms with Crippen LogP contribution in [-0.2, 0) is 10.3 Å². The second-order valence-corrected chi connectivity index (χ2v) is 6.32. The summed E-state index contributed by atoms with van der Waals surface area (Å²) < 4.78 is 6.23. The van der Waals surface area contributed by atoms with Crippen molar-refractivity contribution in [3.05, 3.63) is 47.5 Å². The van der Waals surface area contributed by atoms with Gasteiger partial charge in [0.2, 0.25) is 0 Å². The Bertz CT molecular complexity index is 743. The maximum atomic E-state index is 13.0. The summed E-state index contributed by atoms with van der Waals surface area (Å²) in [7, 11) is 0. The number of carbonyl (C=O) groups is 1. The molecule has 2 nitrogen and oxygen atoms in total. The quantitative estimate of drug-likeness (QED) is 0.723. The largest absolute Gasteiger partial charge is 0.358 e. The Morgan fingerprint density at radius 2 is 1.85 bits per heavy atom. The molecule has 1 saturated carbocycles. The first kappa shape index (κ1) is 11.0. The van der Waals surface area contributed by atoms with Crippen molar-refractivity contribution < 1.29 is 9.53 Å². The van der Waals surface area contributed by atoms with Crippen molar-refractivity contribution in [2.45, 2.75) is 37.4 Å². The van der Waals surface area contributed by atoms with Crippen LogP contribution in [0, 0.1) is 5.92 Å². The Labute approximate surface area is 117 Å². The van der Waals surface area contributed by atoms with Gasteiger partial charge in [0, 0.05) is 17.0 Å². The number of hydrogen-bond donors (Lipinski definition) is 0. The molecule has 2 aromatic carbocycles. The van der Waals surface area contributed by atoms with Crippen LogP contribution in [0.4, 0.5) is 0 Å². The number of fused-ring (bicyclic) bond motifs is 3. The number of ketones is 1. The molecule has 20 heavy (non-hydrogen) atoms. The van der Waals surface area contributed by atoms with E-state index in [0.29, 0.717) is 12.0 Å². The van der Waals surface area contributed by atoms with Crippen molar-refractivity contribution >= 4 is 16.6 Å². The molecule has 5 rings (SSSR count). The summed E-state index contributed by atoms with van der Waals surface area (Å²) in [6, 6.07) is 12.3. The Kier molecular flexibility index (Phi) is 1.93. The molecule has 0 aromatic heterocycles. The summed E-state index contributed by atoms with van der Waals surface area (Å²) in [5, 5.41) is 2.29. The molecular weight excluding hydrogens is 248 g/mol. The summed E-state index contributed by atoms with van der Waals surface area (Å²) in [6.45, 7) is 0. The predicted molar refractivity (Wildman–Crippen MR) is 76.8 cm³/mol. The third-order valence-corrected chi connectivity index (χ3v) is 5.45. The van der Waals surface area contributed by atoms with E-state index in [1.165, 1.54) is 12.8 Å². The first-order valence-corrected chi connectivity index (χ1v) is 7.57. The van der Waals surface area contributed by atoms with E-state index in [1.807, 2.05) is 12.1 Å².